The van der Waals surface area contributed by atoms with Gasteiger partial charge in [-0.1, -0.05) is 0 Å². The Balaban J connectivity index is 2.19. The van der Waals surface area contributed by atoms with Crippen LogP contribution in [0.25, 0.3) is 0 Å². The second-order valence-electron chi connectivity index (χ2n) is 3.64. The molecule has 1 aromatic rings. The van der Waals surface area contributed by atoms with Gasteiger partial charge in [0.05, 0.1) is 12.7 Å². The monoisotopic (exact) mass is 349 g/mol. The predicted octanol–water partition coefficient (Wildman–Crippen LogP) is 2.84. The summed E-state index contributed by atoms with van der Waals surface area (Å²) in [5, 5.41) is 2.98. The van der Waals surface area contributed by atoms with E-state index < -0.39 is 0 Å². The first-order valence-corrected chi connectivity index (χ1v) is 6.84. The molecule has 1 aliphatic carbocycles. The number of hydrogen-bond donors (Lipinski definition) is 1. The summed E-state index contributed by atoms with van der Waals surface area (Å²) >= 11 is 3.45. The summed E-state index contributed by atoms with van der Waals surface area (Å²) < 4.78 is 6.12. The van der Waals surface area contributed by atoms with Crippen LogP contribution in [0, 0.1) is 3.57 Å². The van der Waals surface area contributed by atoms with E-state index in [4.69, 9.17) is 4.18 Å². The molecule has 0 saturated heterocycles. The summed E-state index contributed by atoms with van der Waals surface area (Å²) in [5.41, 5.74) is 0.694. The zero-order chi connectivity index (χ0) is 11.5. The minimum Gasteiger partial charge on any atom is -0.349 e. The maximum Gasteiger partial charge on any atom is 0.252 e. The molecule has 1 saturated carbocycles. The number of amides is 1. The van der Waals surface area contributed by atoms with Crippen molar-refractivity contribution in [2.45, 2.75) is 23.8 Å². The third-order valence-corrected chi connectivity index (χ3v) is 3.63. The maximum atomic E-state index is 11.9. The molecule has 16 heavy (non-hydrogen) atoms. The molecule has 0 aliphatic heterocycles. The first-order chi connectivity index (χ1) is 7.70. The zero-order valence-corrected chi connectivity index (χ0v) is 11.8. The Morgan fingerprint density at radius 1 is 1.56 bits per heavy atom. The summed E-state index contributed by atoms with van der Waals surface area (Å²) in [5.74, 6) is -0.00144. The smallest absolute Gasteiger partial charge is 0.252 e. The van der Waals surface area contributed by atoms with Crippen molar-refractivity contribution in [3.63, 3.8) is 0 Å². The fourth-order valence-corrected chi connectivity index (χ4v) is 2.64. The van der Waals surface area contributed by atoms with Crippen LogP contribution in [0.15, 0.2) is 23.1 Å². The second kappa shape index (κ2) is 5.37. The van der Waals surface area contributed by atoms with Crippen molar-refractivity contribution in [3.8, 4) is 0 Å². The molecule has 2 rings (SSSR count). The quantitative estimate of drug-likeness (QED) is 0.671. The first-order valence-electron chi connectivity index (χ1n) is 5.02. The molecule has 1 amide bonds. The lowest BCUT2D eigenvalue weighted by Crippen LogP contribution is -2.25. The molecule has 1 N–H and O–H groups in total. The Bertz CT molecular complexity index is 407. The highest BCUT2D eigenvalue weighted by atomic mass is 127. The van der Waals surface area contributed by atoms with Crippen molar-refractivity contribution < 1.29 is 8.98 Å². The van der Waals surface area contributed by atoms with E-state index in [-0.39, 0.29) is 5.91 Å². The van der Waals surface area contributed by atoms with Gasteiger partial charge in [0.15, 0.2) is 0 Å². The van der Waals surface area contributed by atoms with Crippen LogP contribution < -0.4 is 5.32 Å². The van der Waals surface area contributed by atoms with Crippen LogP contribution in [0.1, 0.15) is 23.2 Å². The van der Waals surface area contributed by atoms with E-state index in [9.17, 15) is 4.79 Å². The van der Waals surface area contributed by atoms with Crippen molar-refractivity contribution in [1.29, 1.82) is 0 Å². The van der Waals surface area contributed by atoms with Gasteiger partial charge in [0.1, 0.15) is 0 Å². The summed E-state index contributed by atoms with van der Waals surface area (Å²) in [4.78, 5) is 12.8. The molecule has 3 nitrogen and oxygen atoms in total. The van der Waals surface area contributed by atoms with Crippen molar-refractivity contribution in [2.24, 2.45) is 0 Å². The van der Waals surface area contributed by atoms with E-state index in [1.165, 1.54) is 12.0 Å². The van der Waals surface area contributed by atoms with E-state index in [0.717, 1.165) is 21.3 Å². The number of halogens is 1. The number of hydrogen-bond acceptors (Lipinski definition) is 3. The van der Waals surface area contributed by atoms with Gasteiger partial charge in [-0.2, -0.15) is 0 Å². The molecule has 1 aliphatic rings. The van der Waals surface area contributed by atoms with E-state index in [1.54, 1.807) is 7.11 Å². The molecular weight excluding hydrogens is 337 g/mol. The van der Waals surface area contributed by atoms with Crippen LogP contribution in [-0.4, -0.2) is 19.1 Å². The van der Waals surface area contributed by atoms with E-state index in [1.807, 2.05) is 18.2 Å². The Labute approximate surface area is 113 Å². The average molecular weight is 349 g/mol. The molecule has 0 atom stereocenters. The number of nitrogens with one attached hydrogen (secondary N) is 1. The average Bonchev–Trinajstić information content (AvgIpc) is 3.02. The lowest BCUT2D eigenvalue weighted by Gasteiger charge is -2.08. The number of benzene rings is 1. The SMILES string of the molecule is COSc1cc(I)ccc1C(=O)NC1CC1. The Morgan fingerprint density at radius 2 is 2.31 bits per heavy atom. The molecule has 5 heteroatoms. The van der Waals surface area contributed by atoms with Crippen LogP contribution in [0.4, 0.5) is 0 Å². The Hall–Kier alpha value is -0.270. The largest absolute Gasteiger partial charge is 0.349 e. The van der Waals surface area contributed by atoms with Gasteiger partial charge in [0.25, 0.3) is 5.91 Å². The van der Waals surface area contributed by atoms with Gasteiger partial charge in [0, 0.05) is 26.6 Å². The Kier molecular flexibility index (Phi) is 4.10. The van der Waals surface area contributed by atoms with Gasteiger partial charge in [-0.3, -0.25) is 4.79 Å². The van der Waals surface area contributed by atoms with Crippen LogP contribution in [0.5, 0.6) is 0 Å². The lowest BCUT2D eigenvalue weighted by atomic mass is 10.2. The van der Waals surface area contributed by atoms with Gasteiger partial charge >= 0.3 is 0 Å². The molecule has 1 fully saturated rings. The number of rotatable bonds is 4. The zero-order valence-electron chi connectivity index (χ0n) is 8.83. The molecule has 0 spiro atoms. The van der Waals surface area contributed by atoms with Gasteiger partial charge in [0.2, 0.25) is 0 Å². The van der Waals surface area contributed by atoms with E-state index >= 15 is 0 Å². The normalized spacial score (nSPS) is 14.9. The van der Waals surface area contributed by atoms with Crippen LogP contribution in [-0.2, 0) is 4.18 Å². The van der Waals surface area contributed by atoms with Crippen LogP contribution in [0.2, 0.25) is 0 Å². The standard InChI is InChI=1S/C11H12INO2S/c1-15-16-10-6-7(12)2-5-9(10)11(14)13-8-3-4-8/h2,5-6,8H,3-4H2,1H3,(H,13,14). The van der Waals surface area contributed by atoms with Gasteiger partial charge in [-0.15, -0.1) is 0 Å². The topological polar surface area (TPSA) is 38.3 Å². The molecule has 0 aromatic heterocycles. The summed E-state index contributed by atoms with van der Waals surface area (Å²) in [6.45, 7) is 0. The molecule has 0 heterocycles. The third-order valence-electron chi connectivity index (χ3n) is 2.27. The number of carbonyl (C=O) groups is 1. The third kappa shape index (κ3) is 3.11. The van der Waals surface area contributed by atoms with Crippen molar-refractivity contribution >= 4 is 40.5 Å². The molecular formula is C11H12INO2S. The van der Waals surface area contributed by atoms with Crippen LogP contribution >= 0.6 is 34.6 Å². The highest BCUT2D eigenvalue weighted by Crippen LogP contribution is 2.26. The van der Waals surface area contributed by atoms with Gasteiger partial charge in [-0.25, -0.2) is 0 Å². The molecule has 0 bridgehead atoms. The second-order valence-corrected chi connectivity index (χ2v) is 5.82. The minimum atomic E-state index is -0.00144. The molecule has 86 valence electrons. The predicted molar refractivity (Wildman–Crippen MR) is 72.5 cm³/mol. The summed E-state index contributed by atoms with van der Waals surface area (Å²) in [6, 6.07) is 6.12. The van der Waals surface area contributed by atoms with Crippen molar-refractivity contribution in [3.05, 3.63) is 27.3 Å². The maximum absolute atomic E-state index is 11.9. The molecule has 1 aromatic carbocycles. The molecule has 0 radical (unpaired) electrons. The highest BCUT2D eigenvalue weighted by Gasteiger charge is 2.24. The van der Waals surface area contributed by atoms with Crippen molar-refractivity contribution in [1.82, 2.24) is 5.32 Å². The van der Waals surface area contributed by atoms with E-state index in [0.29, 0.717) is 11.6 Å². The first kappa shape index (κ1) is 12.2. The summed E-state index contributed by atoms with van der Waals surface area (Å²) in [6.07, 6.45) is 2.20. The van der Waals surface area contributed by atoms with Gasteiger partial charge < -0.3 is 9.50 Å². The van der Waals surface area contributed by atoms with Gasteiger partial charge in [-0.05, 0) is 53.6 Å². The fraction of sp³-hybridized carbons (Fsp3) is 0.364. The Morgan fingerprint density at radius 3 is 2.94 bits per heavy atom. The minimum absolute atomic E-state index is 0.00144. The summed E-state index contributed by atoms with van der Waals surface area (Å²) in [7, 11) is 1.60. The highest BCUT2D eigenvalue weighted by molar-refractivity contribution is 14.1. The fourth-order valence-electron chi connectivity index (χ4n) is 1.33. The van der Waals surface area contributed by atoms with Crippen molar-refractivity contribution in [2.75, 3.05) is 7.11 Å². The lowest BCUT2D eigenvalue weighted by molar-refractivity contribution is 0.0948. The number of carbonyl (C=O) groups excluding carboxylic acids is 1. The van der Waals surface area contributed by atoms with E-state index in [2.05, 4.69) is 27.9 Å². The van der Waals surface area contributed by atoms with Crippen LogP contribution in [0.3, 0.4) is 0 Å². The molecule has 0 unspecified atom stereocenters.